The third-order valence-corrected chi connectivity index (χ3v) is 4.71. The number of fused-ring (bicyclic) bond motifs is 1. The lowest BCUT2D eigenvalue weighted by molar-refractivity contribution is 0.0922. The molecule has 26 heavy (non-hydrogen) atoms. The molecule has 0 bridgehead atoms. The fourth-order valence-electron chi connectivity index (χ4n) is 3.34. The molecule has 1 aliphatic heterocycles. The maximum Gasteiger partial charge on any atom is 0.270 e. The fourth-order valence-corrected chi connectivity index (χ4v) is 3.34. The molecule has 2 heterocycles. The van der Waals surface area contributed by atoms with Crippen molar-refractivity contribution in [1.82, 2.24) is 20.2 Å². The zero-order valence-corrected chi connectivity index (χ0v) is 15.7. The van der Waals surface area contributed by atoms with Crippen LogP contribution in [0.3, 0.4) is 0 Å². The molecule has 2 aromatic rings. The van der Waals surface area contributed by atoms with Crippen LogP contribution in [0.1, 0.15) is 54.0 Å². The predicted molar refractivity (Wildman–Crippen MR) is 103 cm³/mol. The number of hydrogen-bond donors (Lipinski definition) is 2. The van der Waals surface area contributed by atoms with Crippen molar-refractivity contribution in [2.45, 2.75) is 45.7 Å². The first-order valence-corrected chi connectivity index (χ1v) is 9.17. The predicted octanol–water partition coefficient (Wildman–Crippen LogP) is 2.36. The number of nitrogens with zero attached hydrogens (tertiary/aromatic N) is 3. The van der Waals surface area contributed by atoms with E-state index in [0.717, 1.165) is 31.7 Å². The Balaban J connectivity index is 1.60. The largest absolute Gasteiger partial charge is 0.368 e. The van der Waals surface area contributed by atoms with E-state index in [9.17, 15) is 4.79 Å². The number of carbonyl (C=O) groups excluding carboxylic acids is 1. The van der Waals surface area contributed by atoms with Crippen molar-refractivity contribution in [3.05, 3.63) is 52.8 Å². The highest BCUT2D eigenvalue weighted by atomic mass is 16.1. The molecule has 3 N–H and O–H groups in total. The second kappa shape index (κ2) is 7.83. The van der Waals surface area contributed by atoms with E-state index in [1.165, 1.54) is 11.1 Å². The molecule has 6 nitrogen and oxygen atoms in total. The van der Waals surface area contributed by atoms with Gasteiger partial charge in [-0.3, -0.25) is 9.69 Å². The van der Waals surface area contributed by atoms with E-state index < -0.39 is 0 Å². The molecule has 6 heteroatoms. The smallest absolute Gasteiger partial charge is 0.270 e. The second-order valence-corrected chi connectivity index (χ2v) is 7.32. The van der Waals surface area contributed by atoms with Crippen LogP contribution >= 0.6 is 0 Å². The minimum atomic E-state index is -0.203. The quantitative estimate of drug-likeness (QED) is 0.862. The van der Waals surface area contributed by atoms with E-state index >= 15 is 0 Å². The van der Waals surface area contributed by atoms with Crippen molar-refractivity contribution < 1.29 is 4.79 Å². The lowest BCUT2D eigenvalue weighted by atomic mass is 10.00. The molecule has 0 saturated heterocycles. The Labute approximate surface area is 154 Å². The molecule has 1 aliphatic rings. The molecule has 1 unspecified atom stereocenters. The van der Waals surface area contributed by atoms with Gasteiger partial charge in [0, 0.05) is 31.4 Å². The number of carbonyl (C=O) groups is 1. The van der Waals surface area contributed by atoms with Gasteiger partial charge in [-0.1, -0.05) is 38.1 Å². The van der Waals surface area contributed by atoms with Crippen LogP contribution in [-0.2, 0) is 13.0 Å². The van der Waals surface area contributed by atoms with Crippen molar-refractivity contribution in [2.24, 2.45) is 0 Å². The summed E-state index contributed by atoms with van der Waals surface area (Å²) in [5.41, 5.74) is 9.67. The van der Waals surface area contributed by atoms with Gasteiger partial charge >= 0.3 is 0 Å². The molecule has 1 atom stereocenters. The molecule has 0 spiro atoms. The summed E-state index contributed by atoms with van der Waals surface area (Å²) >= 11 is 0. The topological polar surface area (TPSA) is 84.1 Å². The first kappa shape index (κ1) is 18.3. The van der Waals surface area contributed by atoms with Gasteiger partial charge in [0.2, 0.25) is 5.95 Å². The third kappa shape index (κ3) is 4.38. The Morgan fingerprint density at radius 1 is 1.23 bits per heavy atom. The van der Waals surface area contributed by atoms with Crippen molar-refractivity contribution >= 4 is 11.9 Å². The van der Waals surface area contributed by atoms with Gasteiger partial charge in [0.1, 0.15) is 5.69 Å². The number of nitrogens with one attached hydrogen (secondary N) is 1. The van der Waals surface area contributed by atoms with Crippen molar-refractivity contribution in [1.29, 1.82) is 0 Å². The highest BCUT2D eigenvalue weighted by molar-refractivity contribution is 5.92. The van der Waals surface area contributed by atoms with Crippen LogP contribution in [0.5, 0.6) is 0 Å². The molecule has 3 rings (SSSR count). The first-order valence-electron chi connectivity index (χ1n) is 9.17. The lowest BCUT2D eigenvalue weighted by Crippen LogP contribution is -2.43. The Bertz CT molecular complexity index is 790. The Hall–Kier alpha value is -2.47. The van der Waals surface area contributed by atoms with Crippen LogP contribution in [0, 0.1) is 0 Å². The maximum atomic E-state index is 12.5. The van der Waals surface area contributed by atoms with Crippen molar-refractivity contribution in [3.8, 4) is 0 Å². The number of nitrogen functional groups attached to an aromatic ring is 1. The van der Waals surface area contributed by atoms with Gasteiger partial charge in [-0.05, 0) is 36.5 Å². The average molecular weight is 353 g/mol. The van der Waals surface area contributed by atoms with E-state index in [2.05, 4.69) is 44.5 Å². The lowest BCUT2D eigenvalue weighted by Gasteiger charge is -2.31. The van der Waals surface area contributed by atoms with E-state index in [0.29, 0.717) is 5.69 Å². The third-order valence-electron chi connectivity index (χ3n) is 4.71. The van der Waals surface area contributed by atoms with E-state index in [4.69, 9.17) is 5.73 Å². The first-order chi connectivity index (χ1) is 12.4. The molecule has 0 aliphatic carbocycles. The summed E-state index contributed by atoms with van der Waals surface area (Å²) in [6.07, 6.45) is 1.05. The van der Waals surface area contributed by atoms with Gasteiger partial charge in [0.25, 0.3) is 5.91 Å². The molecule has 0 radical (unpaired) electrons. The molecule has 1 aromatic carbocycles. The monoisotopic (exact) mass is 353 g/mol. The van der Waals surface area contributed by atoms with Crippen LogP contribution in [0.2, 0.25) is 0 Å². The molecule has 1 aromatic heterocycles. The summed E-state index contributed by atoms with van der Waals surface area (Å²) in [6.45, 7) is 8.79. The highest BCUT2D eigenvalue weighted by Crippen LogP contribution is 2.18. The number of hydrogen-bond acceptors (Lipinski definition) is 5. The Kier molecular flexibility index (Phi) is 5.52. The Morgan fingerprint density at radius 2 is 1.96 bits per heavy atom. The van der Waals surface area contributed by atoms with Crippen LogP contribution in [0.25, 0.3) is 0 Å². The number of nitrogens with two attached hydrogens (primary N) is 1. The number of anilines is 1. The van der Waals surface area contributed by atoms with Gasteiger partial charge in [-0.15, -0.1) is 0 Å². The van der Waals surface area contributed by atoms with Crippen LogP contribution in [0.15, 0.2) is 30.3 Å². The second-order valence-electron chi connectivity index (χ2n) is 7.32. The van der Waals surface area contributed by atoms with Crippen LogP contribution in [-0.4, -0.2) is 39.9 Å². The SMILES string of the molecule is CC(CN1CCc2ccccc2C1)NC(=O)c1cc(C(C)C)nc(N)n1. The van der Waals surface area contributed by atoms with E-state index in [1.54, 1.807) is 6.07 Å². The summed E-state index contributed by atoms with van der Waals surface area (Å²) in [5, 5.41) is 3.03. The molecule has 0 saturated carbocycles. The summed E-state index contributed by atoms with van der Waals surface area (Å²) in [6, 6.07) is 10.3. The van der Waals surface area contributed by atoms with Crippen molar-refractivity contribution in [3.63, 3.8) is 0 Å². The fraction of sp³-hybridized carbons (Fsp3) is 0.450. The summed E-state index contributed by atoms with van der Waals surface area (Å²) in [4.78, 5) is 23.2. The molecule has 138 valence electrons. The summed E-state index contributed by atoms with van der Waals surface area (Å²) < 4.78 is 0. The van der Waals surface area contributed by atoms with Gasteiger partial charge in [-0.2, -0.15) is 0 Å². The van der Waals surface area contributed by atoms with E-state index in [1.807, 2.05) is 20.8 Å². The highest BCUT2D eigenvalue weighted by Gasteiger charge is 2.20. The average Bonchev–Trinajstić information content (AvgIpc) is 2.60. The van der Waals surface area contributed by atoms with Gasteiger partial charge in [0.05, 0.1) is 0 Å². The Morgan fingerprint density at radius 3 is 2.69 bits per heavy atom. The summed E-state index contributed by atoms with van der Waals surface area (Å²) in [5.74, 6) is 0.130. The molecule has 1 amide bonds. The zero-order chi connectivity index (χ0) is 18.7. The minimum absolute atomic E-state index is 0.0199. The van der Waals surface area contributed by atoms with Crippen LogP contribution < -0.4 is 11.1 Å². The molecular weight excluding hydrogens is 326 g/mol. The number of benzene rings is 1. The van der Waals surface area contributed by atoms with Gasteiger partial charge < -0.3 is 11.1 Å². The maximum absolute atomic E-state index is 12.5. The number of aromatic nitrogens is 2. The molecular formula is C20H27N5O. The summed E-state index contributed by atoms with van der Waals surface area (Å²) in [7, 11) is 0. The molecule has 0 fully saturated rings. The van der Waals surface area contributed by atoms with Crippen molar-refractivity contribution in [2.75, 3.05) is 18.8 Å². The minimum Gasteiger partial charge on any atom is -0.368 e. The van der Waals surface area contributed by atoms with Crippen LogP contribution in [0.4, 0.5) is 5.95 Å². The van der Waals surface area contributed by atoms with E-state index in [-0.39, 0.29) is 23.8 Å². The number of rotatable bonds is 5. The number of amides is 1. The zero-order valence-electron chi connectivity index (χ0n) is 15.7. The normalized spacial score (nSPS) is 15.5. The van der Waals surface area contributed by atoms with Gasteiger partial charge in [-0.25, -0.2) is 9.97 Å². The van der Waals surface area contributed by atoms with Gasteiger partial charge in [0.15, 0.2) is 0 Å². The standard InChI is InChI=1S/C20H27N5O/c1-13(2)17-10-18(24-20(21)23-17)19(26)22-14(3)11-25-9-8-15-6-4-5-7-16(15)12-25/h4-7,10,13-14H,8-9,11-12H2,1-3H3,(H,22,26)(H2,21,23,24).